The van der Waals surface area contributed by atoms with Crippen molar-refractivity contribution in [2.75, 3.05) is 19.6 Å². The highest BCUT2D eigenvalue weighted by Crippen LogP contribution is 2.40. The van der Waals surface area contributed by atoms with Crippen LogP contribution < -0.4 is 4.74 Å². The van der Waals surface area contributed by atoms with Gasteiger partial charge in [0.2, 0.25) is 5.91 Å². The van der Waals surface area contributed by atoms with Gasteiger partial charge in [-0.15, -0.1) is 0 Å². The SMILES string of the molecule is CC1(C)Oc2ccc(S(=O)(=O)C(F)(F)F)cc2C=C1N1CCN(Cc2ccccc2)CC1=O. The number of ether oxygens (including phenoxy) is 1. The van der Waals surface area contributed by atoms with Gasteiger partial charge in [0.05, 0.1) is 17.1 Å². The average Bonchev–Trinajstić information content (AvgIpc) is 2.73. The summed E-state index contributed by atoms with van der Waals surface area (Å²) in [6, 6.07) is 12.8. The van der Waals surface area contributed by atoms with E-state index in [1.54, 1.807) is 24.8 Å². The number of rotatable bonds is 4. The van der Waals surface area contributed by atoms with Crippen molar-refractivity contribution in [2.45, 2.75) is 36.4 Å². The molecule has 4 rings (SSSR count). The minimum atomic E-state index is -5.50. The third kappa shape index (κ3) is 4.49. The largest absolute Gasteiger partial charge is 0.501 e. The summed E-state index contributed by atoms with van der Waals surface area (Å²) in [7, 11) is -5.50. The van der Waals surface area contributed by atoms with E-state index in [1.165, 1.54) is 6.07 Å². The number of carbonyl (C=O) groups excluding carboxylic acids is 1. The van der Waals surface area contributed by atoms with Gasteiger partial charge in [-0.25, -0.2) is 8.42 Å². The quantitative estimate of drug-likeness (QED) is 0.666. The summed E-state index contributed by atoms with van der Waals surface area (Å²) in [6.45, 7) is 5.29. The minimum absolute atomic E-state index is 0.164. The van der Waals surface area contributed by atoms with E-state index in [2.05, 4.69) is 0 Å². The molecule has 2 aliphatic rings. The van der Waals surface area contributed by atoms with E-state index in [1.807, 2.05) is 35.2 Å². The molecule has 2 aromatic carbocycles. The number of alkyl halides is 3. The normalized spacial score (nSPS) is 19.0. The summed E-state index contributed by atoms with van der Waals surface area (Å²) < 4.78 is 68.6. The minimum Gasteiger partial charge on any atom is -0.481 e. The molecule has 1 fully saturated rings. The van der Waals surface area contributed by atoms with Gasteiger partial charge in [0.25, 0.3) is 9.84 Å². The zero-order valence-corrected chi connectivity index (χ0v) is 18.9. The second-order valence-electron chi connectivity index (χ2n) is 8.53. The third-order valence-corrected chi connectivity index (χ3v) is 7.19. The smallest absolute Gasteiger partial charge is 0.481 e. The Kier molecular flexibility index (Phi) is 5.78. The van der Waals surface area contributed by atoms with Crippen LogP contribution in [0.1, 0.15) is 25.0 Å². The molecule has 33 heavy (non-hydrogen) atoms. The first-order valence-corrected chi connectivity index (χ1v) is 11.8. The standard InChI is InChI=1S/C23H23F3N2O4S/c1-22(2)20(28-11-10-27(15-21(28)29)14-16-6-4-3-5-7-16)13-17-12-18(8-9-19(17)32-22)33(30,31)23(24,25)26/h3-9,12-13H,10-11,14-15H2,1-2H3. The average molecular weight is 481 g/mol. The molecule has 0 N–H and O–H groups in total. The van der Waals surface area contributed by atoms with Crippen molar-refractivity contribution in [1.29, 1.82) is 0 Å². The van der Waals surface area contributed by atoms with E-state index >= 15 is 0 Å². The van der Waals surface area contributed by atoms with E-state index in [0.717, 1.165) is 17.7 Å². The molecule has 0 atom stereocenters. The number of halogens is 3. The molecule has 2 aromatic rings. The lowest BCUT2D eigenvalue weighted by Gasteiger charge is -2.42. The lowest BCUT2D eigenvalue weighted by molar-refractivity contribution is -0.135. The number of hydrogen-bond acceptors (Lipinski definition) is 5. The molecule has 0 aromatic heterocycles. The lowest BCUT2D eigenvalue weighted by Crippen LogP contribution is -2.53. The number of piperazine rings is 1. The van der Waals surface area contributed by atoms with Gasteiger partial charge >= 0.3 is 5.51 Å². The van der Waals surface area contributed by atoms with Gasteiger partial charge in [0.15, 0.2) is 0 Å². The summed E-state index contributed by atoms with van der Waals surface area (Å²) in [6.07, 6.45) is 1.54. The Morgan fingerprint density at radius 2 is 1.76 bits per heavy atom. The number of nitrogens with zero attached hydrogens (tertiary/aromatic N) is 2. The second kappa shape index (κ2) is 8.18. The molecule has 0 saturated carbocycles. The Balaban J connectivity index is 1.61. The fourth-order valence-electron chi connectivity index (χ4n) is 4.04. The van der Waals surface area contributed by atoms with Gasteiger partial charge in [-0.2, -0.15) is 13.2 Å². The van der Waals surface area contributed by atoms with Crippen LogP contribution in [0.3, 0.4) is 0 Å². The topological polar surface area (TPSA) is 66.9 Å². The van der Waals surface area contributed by atoms with Crippen LogP contribution in [0, 0.1) is 0 Å². The summed E-state index contributed by atoms with van der Waals surface area (Å²) in [5, 5.41) is 0. The molecule has 6 nitrogen and oxygen atoms in total. The molecule has 1 saturated heterocycles. The van der Waals surface area contributed by atoms with Crippen LogP contribution in [-0.4, -0.2) is 54.9 Å². The molecule has 2 aliphatic heterocycles. The van der Waals surface area contributed by atoms with Crippen LogP contribution in [0.5, 0.6) is 5.75 Å². The fourth-order valence-corrected chi connectivity index (χ4v) is 4.83. The highest BCUT2D eigenvalue weighted by molar-refractivity contribution is 7.92. The Bertz CT molecular complexity index is 1210. The lowest BCUT2D eigenvalue weighted by atomic mass is 9.96. The van der Waals surface area contributed by atoms with Crippen molar-refractivity contribution in [1.82, 2.24) is 9.80 Å². The maximum absolute atomic E-state index is 13.0. The zero-order chi connectivity index (χ0) is 24.0. The highest BCUT2D eigenvalue weighted by atomic mass is 32.2. The number of hydrogen-bond donors (Lipinski definition) is 0. The fraction of sp³-hybridized carbons (Fsp3) is 0.348. The zero-order valence-electron chi connectivity index (χ0n) is 18.1. The molecule has 0 radical (unpaired) electrons. The van der Waals surface area contributed by atoms with Crippen molar-refractivity contribution < 1.29 is 31.1 Å². The summed E-state index contributed by atoms with van der Waals surface area (Å²) >= 11 is 0. The summed E-state index contributed by atoms with van der Waals surface area (Å²) in [4.78, 5) is 15.7. The number of carbonyl (C=O) groups is 1. The Labute approximate surface area is 190 Å². The van der Waals surface area contributed by atoms with Crippen LogP contribution in [-0.2, 0) is 21.2 Å². The predicted octanol–water partition coefficient (Wildman–Crippen LogP) is 3.84. The van der Waals surface area contributed by atoms with Crippen LogP contribution in [0.4, 0.5) is 13.2 Å². The number of amides is 1. The van der Waals surface area contributed by atoms with E-state index in [-0.39, 0.29) is 23.8 Å². The summed E-state index contributed by atoms with van der Waals surface area (Å²) in [5.74, 6) is 0.0858. The first kappa shape index (κ1) is 23.3. The van der Waals surface area contributed by atoms with Gasteiger partial charge in [-0.3, -0.25) is 9.69 Å². The van der Waals surface area contributed by atoms with Crippen LogP contribution in [0.2, 0.25) is 0 Å². The summed E-state index contributed by atoms with van der Waals surface area (Å²) in [5.41, 5.74) is -4.61. The highest BCUT2D eigenvalue weighted by Gasteiger charge is 2.47. The van der Waals surface area contributed by atoms with E-state index in [0.29, 0.717) is 25.3 Å². The molecular weight excluding hydrogens is 457 g/mol. The maximum Gasteiger partial charge on any atom is 0.501 e. The van der Waals surface area contributed by atoms with E-state index < -0.39 is 25.8 Å². The first-order valence-electron chi connectivity index (χ1n) is 10.3. The maximum atomic E-state index is 13.0. The third-order valence-electron chi connectivity index (χ3n) is 5.71. The number of fused-ring (bicyclic) bond motifs is 1. The molecule has 10 heteroatoms. The van der Waals surface area contributed by atoms with Crippen molar-refractivity contribution in [3.8, 4) is 5.75 Å². The van der Waals surface area contributed by atoms with E-state index in [9.17, 15) is 26.4 Å². The van der Waals surface area contributed by atoms with Crippen molar-refractivity contribution in [2.24, 2.45) is 0 Å². The first-order chi connectivity index (χ1) is 15.4. The van der Waals surface area contributed by atoms with Crippen LogP contribution in [0.25, 0.3) is 6.08 Å². The number of sulfone groups is 1. The Morgan fingerprint density at radius 3 is 2.39 bits per heavy atom. The van der Waals surface area contributed by atoms with Gasteiger partial charge in [0.1, 0.15) is 11.4 Å². The van der Waals surface area contributed by atoms with E-state index in [4.69, 9.17) is 4.74 Å². The molecular formula is C23H23F3N2O4S. The molecule has 2 heterocycles. The number of benzene rings is 2. The molecule has 1 amide bonds. The monoisotopic (exact) mass is 480 g/mol. The van der Waals surface area contributed by atoms with Crippen molar-refractivity contribution in [3.05, 3.63) is 65.4 Å². The Morgan fingerprint density at radius 1 is 1.06 bits per heavy atom. The van der Waals surface area contributed by atoms with Gasteiger partial charge in [0, 0.05) is 25.2 Å². The van der Waals surface area contributed by atoms with Gasteiger partial charge in [-0.1, -0.05) is 30.3 Å². The van der Waals surface area contributed by atoms with Crippen molar-refractivity contribution >= 4 is 21.8 Å². The molecule has 0 spiro atoms. The molecule has 0 aliphatic carbocycles. The molecule has 0 unspecified atom stereocenters. The Hall–Kier alpha value is -2.85. The molecule has 176 valence electrons. The predicted molar refractivity (Wildman–Crippen MR) is 116 cm³/mol. The molecule has 0 bridgehead atoms. The van der Waals surface area contributed by atoms with Crippen molar-refractivity contribution in [3.63, 3.8) is 0 Å². The van der Waals surface area contributed by atoms with Crippen LogP contribution >= 0.6 is 0 Å². The second-order valence-corrected chi connectivity index (χ2v) is 10.5. The van der Waals surface area contributed by atoms with Gasteiger partial charge in [-0.05, 0) is 43.7 Å². The van der Waals surface area contributed by atoms with Crippen LogP contribution in [0.15, 0.2) is 59.1 Å². The van der Waals surface area contributed by atoms with Gasteiger partial charge < -0.3 is 9.64 Å².